The molecule has 1 aromatic heterocycles. The van der Waals surface area contributed by atoms with Crippen LogP contribution in [0.2, 0.25) is 5.02 Å². The molecule has 1 saturated carbocycles. The molecule has 0 spiro atoms. The quantitative estimate of drug-likeness (QED) is 0.465. The topological polar surface area (TPSA) is 112 Å². The second-order valence-electron chi connectivity index (χ2n) is 7.93. The van der Waals surface area contributed by atoms with Gasteiger partial charge >= 0.3 is 5.97 Å². The van der Waals surface area contributed by atoms with Crippen LogP contribution in [0, 0.1) is 0 Å². The van der Waals surface area contributed by atoms with Gasteiger partial charge in [0.15, 0.2) is 0 Å². The number of halogens is 1. The van der Waals surface area contributed by atoms with Crippen molar-refractivity contribution in [3.8, 4) is 0 Å². The van der Waals surface area contributed by atoms with Crippen molar-refractivity contribution >= 4 is 29.3 Å². The molecule has 0 bridgehead atoms. The van der Waals surface area contributed by atoms with Crippen LogP contribution < -0.4 is 10.6 Å². The number of aliphatic carboxylic acids is 1. The molecule has 0 aliphatic heterocycles. The van der Waals surface area contributed by atoms with Gasteiger partial charge in [-0.3, -0.25) is 9.59 Å². The monoisotopic (exact) mass is 445 g/mol. The fourth-order valence-electron chi connectivity index (χ4n) is 3.90. The molecule has 3 rings (SSSR count). The van der Waals surface area contributed by atoms with Crippen molar-refractivity contribution in [2.45, 2.75) is 57.1 Å². The van der Waals surface area contributed by atoms with Crippen LogP contribution in [-0.2, 0) is 11.3 Å². The van der Waals surface area contributed by atoms with E-state index in [2.05, 4.69) is 15.6 Å². The van der Waals surface area contributed by atoms with E-state index in [0.717, 1.165) is 24.0 Å². The van der Waals surface area contributed by atoms with Gasteiger partial charge in [-0.1, -0.05) is 49.1 Å². The number of rotatable bonds is 9. The van der Waals surface area contributed by atoms with Gasteiger partial charge in [-0.2, -0.15) is 0 Å². The summed E-state index contributed by atoms with van der Waals surface area (Å²) in [5.41, 5.74) is 2.34. The van der Waals surface area contributed by atoms with E-state index < -0.39 is 12.1 Å². The highest BCUT2D eigenvalue weighted by atomic mass is 35.5. The lowest BCUT2D eigenvalue weighted by Gasteiger charge is -2.23. The van der Waals surface area contributed by atoms with Crippen molar-refractivity contribution in [3.63, 3.8) is 0 Å². The number of carboxylic acids is 1. The molecule has 0 radical (unpaired) electrons. The number of pyridine rings is 1. The Morgan fingerprint density at radius 2 is 1.94 bits per heavy atom. The first-order valence-electron chi connectivity index (χ1n) is 10.6. The summed E-state index contributed by atoms with van der Waals surface area (Å²) in [6, 6.07) is 9.12. The number of aliphatic hydroxyl groups is 1. The van der Waals surface area contributed by atoms with Gasteiger partial charge in [-0.15, -0.1) is 0 Å². The summed E-state index contributed by atoms with van der Waals surface area (Å²) < 4.78 is 0. The SMILES string of the molecule is O=C(O)CC(O)CNCc1ccc(NC(=O)c2cccc(C3CCCCC3)c2Cl)nc1. The Balaban J connectivity index is 1.56. The number of aliphatic hydroxyl groups excluding tert-OH is 1. The molecule has 7 nitrogen and oxygen atoms in total. The van der Waals surface area contributed by atoms with Crippen LogP contribution in [0.5, 0.6) is 0 Å². The summed E-state index contributed by atoms with van der Waals surface area (Å²) in [4.78, 5) is 27.6. The van der Waals surface area contributed by atoms with E-state index in [4.69, 9.17) is 16.7 Å². The third-order valence-corrected chi connectivity index (χ3v) is 5.93. The number of amides is 1. The summed E-state index contributed by atoms with van der Waals surface area (Å²) in [5.74, 6) is -0.509. The molecule has 1 aromatic carbocycles. The molecule has 1 aliphatic rings. The molecule has 1 atom stereocenters. The summed E-state index contributed by atoms with van der Waals surface area (Å²) in [7, 11) is 0. The summed E-state index contributed by atoms with van der Waals surface area (Å²) in [6.07, 6.45) is 6.23. The van der Waals surface area contributed by atoms with Crippen LogP contribution in [0.3, 0.4) is 0 Å². The zero-order valence-electron chi connectivity index (χ0n) is 17.3. The number of benzene rings is 1. The molecular formula is C23H28ClN3O4. The molecule has 1 heterocycles. The Morgan fingerprint density at radius 3 is 2.61 bits per heavy atom. The van der Waals surface area contributed by atoms with Crippen LogP contribution >= 0.6 is 11.6 Å². The summed E-state index contributed by atoms with van der Waals surface area (Å²) in [5, 5.41) is 24.5. The van der Waals surface area contributed by atoms with Gasteiger partial charge < -0.3 is 20.8 Å². The molecule has 166 valence electrons. The highest BCUT2D eigenvalue weighted by Crippen LogP contribution is 2.37. The Hall–Kier alpha value is -2.48. The van der Waals surface area contributed by atoms with Crippen LogP contribution in [0.25, 0.3) is 0 Å². The third-order valence-electron chi connectivity index (χ3n) is 5.50. The molecule has 4 N–H and O–H groups in total. The molecule has 0 saturated heterocycles. The van der Waals surface area contributed by atoms with E-state index in [1.807, 2.05) is 12.1 Å². The van der Waals surface area contributed by atoms with Crippen molar-refractivity contribution in [3.05, 3.63) is 58.2 Å². The first-order chi connectivity index (χ1) is 14.9. The summed E-state index contributed by atoms with van der Waals surface area (Å²) in [6.45, 7) is 0.591. The number of aromatic nitrogens is 1. The van der Waals surface area contributed by atoms with E-state index in [-0.39, 0.29) is 18.9 Å². The lowest BCUT2D eigenvalue weighted by atomic mass is 9.83. The average Bonchev–Trinajstić information content (AvgIpc) is 2.75. The lowest BCUT2D eigenvalue weighted by molar-refractivity contribution is -0.139. The highest BCUT2D eigenvalue weighted by molar-refractivity contribution is 6.35. The van der Waals surface area contributed by atoms with Crippen LogP contribution in [0.1, 0.15) is 65.9 Å². The number of carboxylic acid groups (broad SMARTS) is 1. The minimum Gasteiger partial charge on any atom is -0.481 e. The zero-order chi connectivity index (χ0) is 22.2. The fraction of sp³-hybridized carbons (Fsp3) is 0.435. The minimum absolute atomic E-state index is 0.167. The molecule has 1 unspecified atom stereocenters. The number of hydrogen-bond acceptors (Lipinski definition) is 5. The molecule has 1 amide bonds. The van der Waals surface area contributed by atoms with E-state index >= 15 is 0 Å². The maximum absolute atomic E-state index is 12.8. The van der Waals surface area contributed by atoms with Gasteiger partial charge in [-0.05, 0) is 42.0 Å². The smallest absolute Gasteiger partial charge is 0.306 e. The Labute approximate surface area is 186 Å². The van der Waals surface area contributed by atoms with Gasteiger partial charge in [0.05, 0.1) is 23.1 Å². The number of nitrogens with one attached hydrogen (secondary N) is 2. The number of anilines is 1. The molecular weight excluding hydrogens is 418 g/mol. The maximum atomic E-state index is 12.8. The summed E-state index contributed by atoms with van der Waals surface area (Å²) >= 11 is 6.60. The van der Waals surface area contributed by atoms with E-state index in [0.29, 0.717) is 28.9 Å². The first-order valence-corrected chi connectivity index (χ1v) is 11.0. The molecule has 1 aliphatic carbocycles. The van der Waals surface area contributed by atoms with E-state index in [1.165, 1.54) is 19.3 Å². The maximum Gasteiger partial charge on any atom is 0.306 e. The lowest BCUT2D eigenvalue weighted by Crippen LogP contribution is -2.28. The zero-order valence-corrected chi connectivity index (χ0v) is 18.1. The predicted octanol–water partition coefficient (Wildman–Crippen LogP) is 3.96. The normalized spacial score (nSPS) is 15.4. The third kappa shape index (κ3) is 6.75. The average molecular weight is 446 g/mol. The van der Waals surface area contributed by atoms with Gasteiger partial charge in [-0.25, -0.2) is 4.98 Å². The second kappa shape index (κ2) is 11.2. The van der Waals surface area contributed by atoms with Crippen molar-refractivity contribution in [2.24, 2.45) is 0 Å². The first kappa shape index (κ1) is 23.2. The van der Waals surface area contributed by atoms with Crippen LogP contribution in [-0.4, -0.2) is 39.7 Å². The second-order valence-corrected chi connectivity index (χ2v) is 8.31. The van der Waals surface area contributed by atoms with Crippen molar-refractivity contribution in [1.82, 2.24) is 10.3 Å². The molecule has 1 fully saturated rings. The number of carbonyl (C=O) groups excluding carboxylic acids is 1. The number of nitrogens with zero attached hydrogens (tertiary/aromatic N) is 1. The minimum atomic E-state index is -1.04. The van der Waals surface area contributed by atoms with Crippen LogP contribution in [0.4, 0.5) is 5.82 Å². The van der Waals surface area contributed by atoms with Gasteiger partial charge in [0.25, 0.3) is 5.91 Å². The van der Waals surface area contributed by atoms with Gasteiger partial charge in [0.2, 0.25) is 0 Å². The van der Waals surface area contributed by atoms with E-state index in [9.17, 15) is 14.7 Å². The van der Waals surface area contributed by atoms with Crippen molar-refractivity contribution in [1.29, 1.82) is 0 Å². The van der Waals surface area contributed by atoms with Crippen molar-refractivity contribution in [2.75, 3.05) is 11.9 Å². The van der Waals surface area contributed by atoms with E-state index in [1.54, 1.807) is 24.4 Å². The molecule has 31 heavy (non-hydrogen) atoms. The fourth-order valence-corrected chi connectivity index (χ4v) is 4.26. The number of hydrogen-bond donors (Lipinski definition) is 4. The Bertz CT molecular complexity index is 898. The standard InChI is InChI=1S/C23H28ClN3O4/c24-22-18(16-5-2-1-3-6-16)7-4-8-19(22)23(31)27-20-10-9-15(13-26-20)12-25-14-17(28)11-21(29)30/h4,7-10,13,16-17,25,28H,1-3,5-6,11-12,14H2,(H,29,30)(H,26,27,31). The molecule has 2 aromatic rings. The van der Waals surface area contributed by atoms with Crippen LogP contribution in [0.15, 0.2) is 36.5 Å². The number of carbonyl (C=O) groups is 2. The highest BCUT2D eigenvalue weighted by Gasteiger charge is 2.21. The largest absolute Gasteiger partial charge is 0.481 e. The predicted molar refractivity (Wildman–Crippen MR) is 119 cm³/mol. The van der Waals surface area contributed by atoms with Gasteiger partial charge in [0, 0.05) is 19.3 Å². The van der Waals surface area contributed by atoms with Gasteiger partial charge in [0.1, 0.15) is 5.82 Å². The van der Waals surface area contributed by atoms with Crippen molar-refractivity contribution < 1.29 is 19.8 Å². The Kier molecular flexibility index (Phi) is 8.40. The molecule has 8 heteroatoms. The Morgan fingerprint density at radius 1 is 1.16 bits per heavy atom.